The summed E-state index contributed by atoms with van der Waals surface area (Å²) in [4.78, 5) is 9.02. The molecule has 0 aromatic carbocycles. The summed E-state index contributed by atoms with van der Waals surface area (Å²) in [5.74, 6) is 0.938. The summed E-state index contributed by atoms with van der Waals surface area (Å²) in [5.41, 5.74) is 0.924. The highest BCUT2D eigenvalue weighted by molar-refractivity contribution is 5.40. The van der Waals surface area contributed by atoms with E-state index in [1.54, 1.807) is 13.1 Å². The van der Waals surface area contributed by atoms with Gasteiger partial charge in [-0.3, -0.25) is 0 Å². The molecule has 4 heteroatoms. The fourth-order valence-electron chi connectivity index (χ4n) is 2.31. The van der Waals surface area contributed by atoms with E-state index in [4.69, 9.17) is 0 Å². The molecule has 2 rings (SSSR count). The van der Waals surface area contributed by atoms with Crippen LogP contribution in [-0.4, -0.2) is 48.2 Å². The molecule has 1 aromatic heterocycles. The molecule has 1 fully saturated rings. The van der Waals surface area contributed by atoms with Crippen LogP contribution in [-0.2, 0) is 0 Å². The number of anilines is 1. The maximum atomic E-state index is 9.58. The molecule has 18 heavy (non-hydrogen) atoms. The standard InChI is InChI=1S/C14H23N3O/c1-12(18)13-5-6-15-14(11-13)16(2)9-10-17-7-3-4-8-17/h5-6,11-12,18H,3-4,7-10H2,1-2H3/t12-/m0/s1. The van der Waals surface area contributed by atoms with E-state index < -0.39 is 6.10 Å². The van der Waals surface area contributed by atoms with Gasteiger partial charge in [-0.1, -0.05) is 0 Å². The Labute approximate surface area is 109 Å². The second-order valence-corrected chi connectivity index (χ2v) is 5.09. The Hall–Kier alpha value is -1.13. The minimum atomic E-state index is -0.432. The molecule has 0 amide bonds. The van der Waals surface area contributed by atoms with Gasteiger partial charge in [0.05, 0.1) is 6.10 Å². The first-order valence-corrected chi connectivity index (χ1v) is 6.74. The van der Waals surface area contributed by atoms with Crippen molar-refractivity contribution in [3.8, 4) is 0 Å². The number of aliphatic hydroxyl groups is 1. The summed E-state index contributed by atoms with van der Waals surface area (Å²) >= 11 is 0. The van der Waals surface area contributed by atoms with Crippen LogP contribution in [0.2, 0.25) is 0 Å². The summed E-state index contributed by atoms with van der Waals surface area (Å²) in [6.45, 7) is 6.32. The van der Waals surface area contributed by atoms with Crippen molar-refractivity contribution in [2.75, 3.05) is 38.1 Å². The van der Waals surface area contributed by atoms with Crippen molar-refractivity contribution < 1.29 is 5.11 Å². The summed E-state index contributed by atoms with van der Waals surface area (Å²) in [6.07, 6.45) is 4.00. The van der Waals surface area contributed by atoms with E-state index in [1.165, 1.54) is 25.9 Å². The minimum Gasteiger partial charge on any atom is -0.389 e. The lowest BCUT2D eigenvalue weighted by Crippen LogP contribution is -2.31. The zero-order chi connectivity index (χ0) is 13.0. The van der Waals surface area contributed by atoms with Crippen molar-refractivity contribution in [1.29, 1.82) is 0 Å². The van der Waals surface area contributed by atoms with Gasteiger partial charge in [-0.2, -0.15) is 0 Å². The summed E-state index contributed by atoms with van der Waals surface area (Å²) in [7, 11) is 2.06. The van der Waals surface area contributed by atoms with E-state index in [1.807, 2.05) is 12.1 Å². The van der Waals surface area contributed by atoms with Gasteiger partial charge in [0.1, 0.15) is 5.82 Å². The predicted molar refractivity (Wildman–Crippen MR) is 73.8 cm³/mol. The monoisotopic (exact) mass is 249 g/mol. The van der Waals surface area contributed by atoms with Crippen LogP contribution in [0.5, 0.6) is 0 Å². The first-order valence-electron chi connectivity index (χ1n) is 6.74. The van der Waals surface area contributed by atoms with Gasteiger partial charge >= 0.3 is 0 Å². The van der Waals surface area contributed by atoms with Crippen molar-refractivity contribution in [1.82, 2.24) is 9.88 Å². The lowest BCUT2D eigenvalue weighted by molar-refractivity contribution is 0.199. The van der Waals surface area contributed by atoms with E-state index in [-0.39, 0.29) is 0 Å². The first-order chi connectivity index (χ1) is 8.66. The maximum absolute atomic E-state index is 9.58. The molecule has 4 nitrogen and oxygen atoms in total. The average Bonchev–Trinajstić information content (AvgIpc) is 2.89. The Balaban J connectivity index is 1.91. The van der Waals surface area contributed by atoms with Crippen LogP contribution in [0.1, 0.15) is 31.4 Å². The third kappa shape index (κ3) is 3.43. The molecule has 1 aromatic rings. The molecule has 1 aliphatic rings. The summed E-state index contributed by atoms with van der Waals surface area (Å²) in [5, 5.41) is 9.58. The van der Waals surface area contributed by atoms with Gasteiger partial charge in [-0.25, -0.2) is 4.98 Å². The van der Waals surface area contributed by atoms with Gasteiger partial charge in [-0.15, -0.1) is 0 Å². The van der Waals surface area contributed by atoms with Gasteiger partial charge in [-0.05, 0) is 50.6 Å². The minimum absolute atomic E-state index is 0.432. The van der Waals surface area contributed by atoms with Crippen LogP contribution in [0.25, 0.3) is 0 Å². The van der Waals surface area contributed by atoms with Crippen LogP contribution in [0, 0.1) is 0 Å². The predicted octanol–water partition coefficient (Wildman–Crippen LogP) is 1.67. The Morgan fingerprint density at radius 1 is 1.44 bits per heavy atom. The molecule has 2 heterocycles. The van der Waals surface area contributed by atoms with Crippen LogP contribution < -0.4 is 4.90 Å². The van der Waals surface area contributed by atoms with Gasteiger partial charge < -0.3 is 14.9 Å². The number of hydrogen-bond donors (Lipinski definition) is 1. The molecule has 1 saturated heterocycles. The van der Waals surface area contributed by atoms with Crippen molar-refractivity contribution in [2.45, 2.75) is 25.9 Å². The van der Waals surface area contributed by atoms with E-state index in [9.17, 15) is 5.11 Å². The fourth-order valence-corrected chi connectivity index (χ4v) is 2.31. The second-order valence-electron chi connectivity index (χ2n) is 5.09. The normalized spacial score (nSPS) is 17.9. The van der Waals surface area contributed by atoms with Gasteiger partial charge in [0.2, 0.25) is 0 Å². The Kier molecular flexibility index (Phi) is 4.55. The molecule has 0 bridgehead atoms. The van der Waals surface area contributed by atoms with E-state index in [2.05, 4.69) is 21.8 Å². The number of likely N-dealkylation sites (tertiary alicyclic amines) is 1. The molecule has 0 unspecified atom stereocenters. The maximum Gasteiger partial charge on any atom is 0.128 e. The number of aromatic nitrogens is 1. The number of likely N-dealkylation sites (N-methyl/N-ethyl adjacent to an activating group) is 1. The Morgan fingerprint density at radius 3 is 2.83 bits per heavy atom. The largest absolute Gasteiger partial charge is 0.389 e. The van der Waals surface area contributed by atoms with Crippen LogP contribution in [0.15, 0.2) is 18.3 Å². The molecular weight excluding hydrogens is 226 g/mol. The van der Waals surface area contributed by atoms with Gasteiger partial charge in [0.25, 0.3) is 0 Å². The lowest BCUT2D eigenvalue weighted by Gasteiger charge is -2.22. The molecule has 1 N–H and O–H groups in total. The smallest absolute Gasteiger partial charge is 0.128 e. The SMILES string of the molecule is C[C@H](O)c1ccnc(N(C)CCN2CCCC2)c1. The molecule has 1 aliphatic heterocycles. The van der Waals surface area contributed by atoms with Crippen LogP contribution >= 0.6 is 0 Å². The topological polar surface area (TPSA) is 39.6 Å². The van der Waals surface area contributed by atoms with Gasteiger partial charge in [0.15, 0.2) is 0 Å². The third-order valence-corrected chi connectivity index (χ3v) is 3.59. The lowest BCUT2D eigenvalue weighted by atomic mass is 10.2. The number of pyridine rings is 1. The van der Waals surface area contributed by atoms with Crippen molar-refractivity contribution in [3.05, 3.63) is 23.9 Å². The number of aliphatic hydroxyl groups excluding tert-OH is 1. The van der Waals surface area contributed by atoms with Gasteiger partial charge in [0, 0.05) is 26.3 Å². The number of hydrogen-bond acceptors (Lipinski definition) is 4. The van der Waals surface area contributed by atoms with Crippen LogP contribution in [0.3, 0.4) is 0 Å². The Bertz CT molecular complexity index is 375. The highest BCUT2D eigenvalue weighted by Crippen LogP contribution is 2.17. The molecule has 1 atom stereocenters. The molecular formula is C14H23N3O. The molecule has 0 saturated carbocycles. The zero-order valence-electron chi connectivity index (χ0n) is 11.3. The highest BCUT2D eigenvalue weighted by atomic mass is 16.3. The Morgan fingerprint density at radius 2 is 2.17 bits per heavy atom. The fraction of sp³-hybridized carbons (Fsp3) is 0.643. The third-order valence-electron chi connectivity index (χ3n) is 3.59. The van der Waals surface area contributed by atoms with E-state index in [0.29, 0.717) is 0 Å². The average molecular weight is 249 g/mol. The molecule has 100 valence electrons. The second kappa shape index (κ2) is 6.16. The molecule has 0 aliphatic carbocycles. The summed E-state index contributed by atoms with van der Waals surface area (Å²) < 4.78 is 0. The molecule has 0 spiro atoms. The van der Waals surface area contributed by atoms with E-state index in [0.717, 1.165) is 24.5 Å². The van der Waals surface area contributed by atoms with Crippen molar-refractivity contribution >= 4 is 5.82 Å². The first kappa shape index (κ1) is 13.3. The summed E-state index contributed by atoms with van der Waals surface area (Å²) in [6, 6.07) is 3.83. The molecule has 0 radical (unpaired) electrons. The van der Waals surface area contributed by atoms with E-state index >= 15 is 0 Å². The number of nitrogens with zero attached hydrogens (tertiary/aromatic N) is 3. The van der Waals surface area contributed by atoms with Crippen LogP contribution in [0.4, 0.5) is 5.82 Å². The van der Waals surface area contributed by atoms with Crippen molar-refractivity contribution in [2.24, 2.45) is 0 Å². The number of rotatable bonds is 5. The highest BCUT2D eigenvalue weighted by Gasteiger charge is 2.12. The zero-order valence-corrected chi connectivity index (χ0v) is 11.3. The van der Waals surface area contributed by atoms with Crippen molar-refractivity contribution in [3.63, 3.8) is 0 Å². The quantitative estimate of drug-likeness (QED) is 0.861.